The van der Waals surface area contributed by atoms with Gasteiger partial charge >= 0.3 is 0 Å². The van der Waals surface area contributed by atoms with Crippen molar-refractivity contribution in [3.8, 4) is 0 Å². The number of rotatable bonds is 6. The number of aromatic nitrogens is 3. The third-order valence-corrected chi connectivity index (χ3v) is 3.08. The fourth-order valence-corrected chi connectivity index (χ4v) is 1.78. The molecule has 0 aromatic carbocycles. The number of pyridine rings is 1. The first-order valence-electron chi connectivity index (χ1n) is 7.88. The number of nitrogens with zero attached hydrogens (tertiary/aromatic N) is 4. The van der Waals surface area contributed by atoms with Crippen LogP contribution < -0.4 is 0 Å². The summed E-state index contributed by atoms with van der Waals surface area (Å²) < 4.78 is 7.62. The zero-order valence-electron chi connectivity index (χ0n) is 14.6. The standard InChI is InChI=1S/C16H20N4O.C2H6/c1-4-14(16-7-5-6-8-18-16)9-19-13(2)21-11-15-10-17-12-20(15)3;1-2/h4-10,12-13H,11H2,1-3H3;1-2H3/b14-4+,19-9-;. The highest BCUT2D eigenvalue weighted by atomic mass is 16.5. The van der Waals surface area contributed by atoms with Gasteiger partial charge in [0.15, 0.2) is 0 Å². The molecule has 2 heterocycles. The SMILES string of the molecule is C/C=C(\C=N/C(C)OCc1cncn1C)c1ccccn1.CC. The van der Waals surface area contributed by atoms with Gasteiger partial charge in [-0.3, -0.25) is 9.98 Å². The number of aliphatic imine (C=N–C) groups is 1. The van der Waals surface area contributed by atoms with Gasteiger partial charge in [0.05, 0.1) is 30.5 Å². The van der Waals surface area contributed by atoms with Crippen LogP contribution in [0.1, 0.15) is 39.1 Å². The van der Waals surface area contributed by atoms with E-state index in [0.717, 1.165) is 17.0 Å². The molecule has 0 amide bonds. The van der Waals surface area contributed by atoms with Crippen molar-refractivity contribution >= 4 is 11.8 Å². The lowest BCUT2D eigenvalue weighted by Gasteiger charge is -2.09. The Labute approximate surface area is 138 Å². The largest absolute Gasteiger partial charge is 0.351 e. The van der Waals surface area contributed by atoms with Crippen LogP contribution in [-0.4, -0.2) is 27.0 Å². The molecule has 2 rings (SSSR count). The maximum Gasteiger partial charge on any atom is 0.146 e. The topological polar surface area (TPSA) is 52.3 Å². The van der Waals surface area contributed by atoms with E-state index in [4.69, 9.17) is 4.74 Å². The van der Waals surface area contributed by atoms with Crippen LogP contribution in [0.5, 0.6) is 0 Å². The van der Waals surface area contributed by atoms with E-state index in [0.29, 0.717) is 6.61 Å². The first-order valence-corrected chi connectivity index (χ1v) is 7.88. The lowest BCUT2D eigenvalue weighted by molar-refractivity contribution is 0.0564. The zero-order chi connectivity index (χ0) is 17.1. The van der Waals surface area contributed by atoms with E-state index in [2.05, 4.69) is 15.0 Å². The molecule has 0 fully saturated rings. The Morgan fingerprint density at radius 2 is 2.17 bits per heavy atom. The fourth-order valence-electron chi connectivity index (χ4n) is 1.78. The molecule has 0 aliphatic carbocycles. The predicted octanol–water partition coefficient (Wildman–Crippen LogP) is 3.88. The Morgan fingerprint density at radius 3 is 2.74 bits per heavy atom. The summed E-state index contributed by atoms with van der Waals surface area (Å²) in [6.45, 7) is 8.37. The van der Waals surface area contributed by atoms with Gasteiger partial charge in [-0.05, 0) is 26.0 Å². The van der Waals surface area contributed by atoms with Crippen LogP contribution >= 0.6 is 0 Å². The first kappa shape index (κ1) is 18.8. The first-order chi connectivity index (χ1) is 11.2. The van der Waals surface area contributed by atoms with Gasteiger partial charge in [0.2, 0.25) is 0 Å². The Balaban J connectivity index is 0.00000127. The number of aryl methyl sites for hydroxylation is 1. The van der Waals surface area contributed by atoms with Crippen molar-refractivity contribution < 1.29 is 4.74 Å². The molecule has 1 unspecified atom stereocenters. The molecule has 0 N–H and O–H groups in total. The van der Waals surface area contributed by atoms with Crippen LogP contribution in [0.3, 0.4) is 0 Å². The third-order valence-electron chi connectivity index (χ3n) is 3.08. The summed E-state index contributed by atoms with van der Waals surface area (Å²) in [6.07, 6.45) is 8.89. The average Bonchev–Trinajstić information content (AvgIpc) is 3.01. The molecule has 23 heavy (non-hydrogen) atoms. The predicted molar refractivity (Wildman–Crippen MR) is 95.2 cm³/mol. The second-order valence-electron chi connectivity index (χ2n) is 4.64. The summed E-state index contributed by atoms with van der Waals surface area (Å²) in [5.74, 6) is 0. The van der Waals surface area contributed by atoms with Gasteiger partial charge in [-0.1, -0.05) is 26.0 Å². The summed E-state index contributed by atoms with van der Waals surface area (Å²) in [4.78, 5) is 12.8. The van der Waals surface area contributed by atoms with E-state index in [1.807, 2.05) is 63.6 Å². The summed E-state index contributed by atoms with van der Waals surface area (Å²) in [5, 5.41) is 0. The summed E-state index contributed by atoms with van der Waals surface area (Å²) in [7, 11) is 1.94. The molecule has 1 atom stereocenters. The van der Waals surface area contributed by atoms with E-state index < -0.39 is 0 Å². The molecule has 0 radical (unpaired) electrons. The zero-order valence-corrected chi connectivity index (χ0v) is 14.6. The van der Waals surface area contributed by atoms with Crippen LogP contribution in [0.2, 0.25) is 0 Å². The van der Waals surface area contributed by atoms with E-state index in [1.165, 1.54) is 0 Å². The van der Waals surface area contributed by atoms with Gasteiger partial charge in [-0.15, -0.1) is 0 Å². The minimum Gasteiger partial charge on any atom is -0.351 e. The number of ether oxygens (including phenoxy) is 1. The Morgan fingerprint density at radius 1 is 1.39 bits per heavy atom. The van der Waals surface area contributed by atoms with Crippen molar-refractivity contribution in [1.29, 1.82) is 0 Å². The van der Waals surface area contributed by atoms with Crippen LogP contribution in [0.4, 0.5) is 0 Å². The van der Waals surface area contributed by atoms with Gasteiger partial charge in [0.1, 0.15) is 6.23 Å². The molecular weight excluding hydrogens is 288 g/mol. The Bertz CT molecular complexity index is 617. The molecule has 2 aromatic rings. The van der Waals surface area contributed by atoms with Gasteiger partial charge in [0.25, 0.3) is 0 Å². The molecule has 0 saturated heterocycles. The molecule has 5 heteroatoms. The Hall–Kier alpha value is -2.27. The smallest absolute Gasteiger partial charge is 0.146 e. The van der Waals surface area contributed by atoms with E-state index in [9.17, 15) is 0 Å². The van der Waals surface area contributed by atoms with Gasteiger partial charge in [-0.25, -0.2) is 4.98 Å². The average molecular weight is 314 g/mol. The molecule has 124 valence electrons. The molecule has 5 nitrogen and oxygen atoms in total. The lowest BCUT2D eigenvalue weighted by atomic mass is 10.2. The van der Waals surface area contributed by atoms with Crippen LogP contribution in [0.15, 0.2) is 48.0 Å². The molecule has 2 aromatic heterocycles. The van der Waals surface area contributed by atoms with Crippen molar-refractivity contribution in [3.63, 3.8) is 0 Å². The Kier molecular flexibility index (Phi) is 8.54. The maximum atomic E-state index is 5.69. The fraction of sp³-hybridized carbons (Fsp3) is 0.389. The normalized spacial score (nSPS) is 12.8. The minimum absolute atomic E-state index is 0.224. The molecule has 0 bridgehead atoms. The van der Waals surface area contributed by atoms with E-state index in [1.54, 1.807) is 24.9 Å². The van der Waals surface area contributed by atoms with Crippen molar-refractivity contribution in [2.75, 3.05) is 0 Å². The third kappa shape index (κ3) is 6.16. The maximum absolute atomic E-state index is 5.69. The minimum atomic E-state index is -0.224. The van der Waals surface area contributed by atoms with Gasteiger partial charge in [0, 0.05) is 25.0 Å². The van der Waals surface area contributed by atoms with E-state index >= 15 is 0 Å². The monoisotopic (exact) mass is 314 g/mol. The highest BCUT2D eigenvalue weighted by molar-refractivity contribution is 6.08. The summed E-state index contributed by atoms with van der Waals surface area (Å²) >= 11 is 0. The number of imidazole rings is 1. The van der Waals surface area contributed by atoms with Crippen LogP contribution in [-0.2, 0) is 18.4 Å². The van der Waals surface area contributed by atoms with Crippen molar-refractivity contribution in [2.45, 2.75) is 40.5 Å². The van der Waals surface area contributed by atoms with Crippen LogP contribution in [0, 0.1) is 0 Å². The molecular formula is C18H26N4O. The van der Waals surface area contributed by atoms with Crippen molar-refractivity contribution in [1.82, 2.24) is 14.5 Å². The highest BCUT2D eigenvalue weighted by Gasteiger charge is 2.03. The summed E-state index contributed by atoms with van der Waals surface area (Å²) in [6, 6.07) is 5.82. The quantitative estimate of drug-likeness (QED) is 0.760. The number of allylic oxidation sites excluding steroid dienone is 2. The van der Waals surface area contributed by atoms with E-state index in [-0.39, 0.29) is 6.23 Å². The number of hydrogen-bond acceptors (Lipinski definition) is 4. The van der Waals surface area contributed by atoms with Crippen molar-refractivity contribution in [3.05, 3.63) is 54.4 Å². The summed E-state index contributed by atoms with van der Waals surface area (Å²) in [5.41, 5.74) is 2.90. The highest BCUT2D eigenvalue weighted by Crippen LogP contribution is 2.09. The lowest BCUT2D eigenvalue weighted by Crippen LogP contribution is -2.07. The second kappa shape index (κ2) is 10.5. The molecule has 0 aliphatic heterocycles. The van der Waals surface area contributed by atoms with Crippen molar-refractivity contribution in [2.24, 2.45) is 12.0 Å². The van der Waals surface area contributed by atoms with Crippen LogP contribution in [0.25, 0.3) is 5.57 Å². The second-order valence-corrected chi connectivity index (χ2v) is 4.64. The molecule has 0 spiro atoms. The molecule has 0 aliphatic rings. The number of hydrogen-bond donors (Lipinski definition) is 0. The van der Waals surface area contributed by atoms with Gasteiger partial charge in [-0.2, -0.15) is 0 Å². The van der Waals surface area contributed by atoms with Gasteiger partial charge < -0.3 is 9.30 Å². The molecule has 0 saturated carbocycles.